The lowest BCUT2D eigenvalue weighted by atomic mass is 10.2. The van der Waals surface area contributed by atoms with Crippen LogP contribution in [0.3, 0.4) is 0 Å². The van der Waals surface area contributed by atoms with Gasteiger partial charge >= 0.3 is 0 Å². The van der Waals surface area contributed by atoms with Gasteiger partial charge in [-0.2, -0.15) is 0 Å². The van der Waals surface area contributed by atoms with E-state index in [4.69, 9.17) is 0 Å². The van der Waals surface area contributed by atoms with Gasteiger partial charge in [0.2, 0.25) is 5.91 Å². The minimum atomic E-state index is 0.206. The third-order valence-corrected chi connectivity index (χ3v) is 5.43. The molecule has 5 nitrogen and oxygen atoms in total. The number of nitrogens with zero attached hydrogens (tertiary/aromatic N) is 4. The Labute approximate surface area is 145 Å². The van der Waals surface area contributed by atoms with Crippen molar-refractivity contribution in [2.45, 2.75) is 6.42 Å². The second-order valence-corrected chi connectivity index (χ2v) is 7.07. The number of amides is 1. The average Bonchev–Trinajstić information content (AvgIpc) is 3.18. The minimum absolute atomic E-state index is 0.206. The van der Waals surface area contributed by atoms with Crippen LogP contribution >= 0.6 is 11.3 Å². The third-order valence-electron chi connectivity index (χ3n) is 4.54. The fraction of sp³-hybridized carbons (Fsp3) is 0.333. The summed E-state index contributed by atoms with van der Waals surface area (Å²) in [6.07, 6.45) is 2.47. The zero-order chi connectivity index (χ0) is 16.5. The van der Waals surface area contributed by atoms with Crippen LogP contribution in [0.5, 0.6) is 0 Å². The smallest absolute Gasteiger partial charge is 0.228 e. The van der Waals surface area contributed by atoms with Crippen LogP contribution < -0.4 is 0 Å². The third kappa shape index (κ3) is 2.95. The first-order valence-electron chi connectivity index (χ1n) is 8.18. The van der Waals surface area contributed by atoms with Crippen molar-refractivity contribution in [2.24, 2.45) is 0 Å². The first kappa shape index (κ1) is 15.4. The van der Waals surface area contributed by atoms with E-state index in [1.807, 2.05) is 34.7 Å². The highest BCUT2D eigenvalue weighted by molar-refractivity contribution is 7.15. The molecule has 1 fully saturated rings. The van der Waals surface area contributed by atoms with Crippen molar-refractivity contribution >= 4 is 22.2 Å². The largest absolute Gasteiger partial charge is 0.340 e. The van der Waals surface area contributed by atoms with Gasteiger partial charge in [0.1, 0.15) is 0 Å². The highest BCUT2D eigenvalue weighted by Crippen LogP contribution is 2.24. The number of likely N-dealkylation sites (N-methyl/N-ethyl adjacent to an activating group) is 1. The summed E-state index contributed by atoms with van der Waals surface area (Å²) in [5, 5.41) is 2.05. The summed E-state index contributed by atoms with van der Waals surface area (Å²) in [6.45, 7) is 3.55. The van der Waals surface area contributed by atoms with Gasteiger partial charge in [0, 0.05) is 49.0 Å². The maximum atomic E-state index is 12.6. The van der Waals surface area contributed by atoms with Crippen molar-refractivity contribution in [1.29, 1.82) is 0 Å². The Morgan fingerprint density at radius 1 is 1.17 bits per heavy atom. The Hall–Kier alpha value is -2.18. The lowest BCUT2D eigenvalue weighted by Gasteiger charge is -2.32. The first-order valence-corrected chi connectivity index (χ1v) is 9.06. The maximum Gasteiger partial charge on any atom is 0.228 e. The van der Waals surface area contributed by atoms with Crippen molar-refractivity contribution in [3.63, 3.8) is 0 Å². The highest BCUT2D eigenvalue weighted by Gasteiger charge is 2.20. The predicted molar refractivity (Wildman–Crippen MR) is 96.3 cm³/mol. The van der Waals surface area contributed by atoms with Crippen LogP contribution in [-0.2, 0) is 11.2 Å². The molecular weight excluding hydrogens is 320 g/mol. The van der Waals surface area contributed by atoms with Gasteiger partial charge < -0.3 is 9.80 Å². The van der Waals surface area contributed by atoms with Crippen LogP contribution in [0.2, 0.25) is 0 Å². The molecule has 0 atom stereocenters. The molecular formula is C18H20N4OS. The van der Waals surface area contributed by atoms with Crippen molar-refractivity contribution in [3.05, 3.63) is 47.6 Å². The quantitative estimate of drug-likeness (QED) is 0.735. The first-order chi connectivity index (χ1) is 11.7. The molecule has 0 radical (unpaired) electrons. The normalized spacial score (nSPS) is 16.0. The summed E-state index contributed by atoms with van der Waals surface area (Å²) in [5.74, 6) is 0.206. The van der Waals surface area contributed by atoms with E-state index in [9.17, 15) is 4.79 Å². The average molecular weight is 340 g/mol. The summed E-state index contributed by atoms with van der Waals surface area (Å²) in [4.78, 5) is 22.4. The van der Waals surface area contributed by atoms with E-state index in [1.165, 1.54) is 0 Å². The summed E-state index contributed by atoms with van der Waals surface area (Å²) in [6, 6.07) is 10.1. The van der Waals surface area contributed by atoms with Gasteiger partial charge in [-0.3, -0.25) is 9.20 Å². The second kappa shape index (κ2) is 6.37. The van der Waals surface area contributed by atoms with Gasteiger partial charge in [0.25, 0.3) is 0 Å². The van der Waals surface area contributed by atoms with Crippen molar-refractivity contribution in [1.82, 2.24) is 19.2 Å². The Kier molecular flexibility index (Phi) is 4.08. The van der Waals surface area contributed by atoms with E-state index in [1.54, 1.807) is 11.3 Å². The Morgan fingerprint density at radius 3 is 2.67 bits per heavy atom. The molecule has 0 spiro atoms. The van der Waals surface area contributed by atoms with Gasteiger partial charge in [-0.25, -0.2) is 4.98 Å². The summed E-state index contributed by atoms with van der Waals surface area (Å²) < 4.78 is 2.06. The van der Waals surface area contributed by atoms with E-state index in [2.05, 4.69) is 33.5 Å². The number of piperazine rings is 1. The van der Waals surface area contributed by atoms with Crippen LogP contribution in [0.15, 0.2) is 41.9 Å². The number of benzene rings is 1. The van der Waals surface area contributed by atoms with Gasteiger partial charge in [0.15, 0.2) is 4.96 Å². The van der Waals surface area contributed by atoms with Crippen molar-refractivity contribution in [2.75, 3.05) is 33.2 Å². The Morgan fingerprint density at radius 2 is 1.92 bits per heavy atom. The fourth-order valence-electron chi connectivity index (χ4n) is 3.03. The lowest BCUT2D eigenvalue weighted by molar-refractivity contribution is -0.132. The Balaban J connectivity index is 1.54. The molecule has 4 rings (SSSR count). The number of hydrogen-bond acceptors (Lipinski definition) is 4. The molecule has 1 aliphatic heterocycles. The van der Waals surface area contributed by atoms with Crippen LogP contribution in [0.1, 0.15) is 5.69 Å². The summed E-state index contributed by atoms with van der Waals surface area (Å²) in [5.41, 5.74) is 3.08. The van der Waals surface area contributed by atoms with Crippen LogP contribution in [0.4, 0.5) is 0 Å². The molecule has 1 aromatic carbocycles. The van der Waals surface area contributed by atoms with Gasteiger partial charge in [-0.15, -0.1) is 11.3 Å². The molecule has 3 aromatic rings. The summed E-state index contributed by atoms with van der Waals surface area (Å²) >= 11 is 1.59. The minimum Gasteiger partial charge on any atom is -0.340 e. The van der Waals surface area contributed by atoms with E-state index < -0.39 is 0 Å². The van der Waals surface area contributed by atoms with Crippen molar-refractivity contribution in [3.8, 4) is 11.3 Å². The Bertz CT molecular complexity index is 846. The molecule has 0 N–H and O–H groups in total. The van der Waals surface area contributed by atoms with Crippen LogP contribution in [0.25, 0.3) is 16.2 Å². The van der Waals surface area contributed by atoms with Crippen molar-refractivity contribution < 1.29 is 4.79 Å². The molecule has 124 valence electrons. The number of hydrogen-bond donors (Lipinski definition) is 0. The van der Waals surface area contributed by atoms with E-state index in [0.29, 0.717) is 6.42 Å². The number of fused-ring (bicyclic) bond motifs is 1. The maximum absolute atomic E-state index is 12.6. The molecule has 1 amide bonds. The number of carbonyl (C=O) groups excluding carboxylic acids is 1. The van der Waals surface area contributed by atoms with Gasteiger partial charge in [-0.1, -0.05) is 30.3 Å². The van der Waals surface area contributed by atoms with E-state index in [0.717, 1.165) is 48.1 Å². The standard InChI is InChI=1S/C18H20N4OS/c1-20-7-9-21(10-8-20)17(23)11-15-13-24-18-19-16(12-22(15)18)14-5-3-2-4-6-14/h2-6,12-13H,7-11H2,1H3. The lowest BCUT2D eigenvalue weighted by Crippen LogP contribution is -2.47. The molecule has 1 saturated heterocycles. The molecule has 0 aliphatic carbocycles. The molecule has 6 heteroatoms. The number of carbonyl (C=O) groups is 1. The molecule has 24 heavy (non-hydrogen) atoms. The molecule has 1 aliphatic rings. The number of thiazole rings is 1. The number of rotatable bonds is 3. The predicted octanol–water partition coefficient (Wildman–Crippen LogP) is 2.38. The fourth-order valence-corrected chi connectivity index (χ4v) is 3.90. The zero-order valence-electron chi connectivity index (χ0n) is 13.7. The number of imidazole rings is 1. The monoisotopic (exact) mass is 340 g/mol. The molecule has 3 heterocycles. The molecule has 0 bridgehead atoms. The molecule has 2 aromatic heterocycles. The SMILES string of the molecule is CN1CCN(C(=O)Cc2csc3nc(-c4ccccc4)cn23)CC1. The number of aromatic nitrogens is 2. The zero-order valence-corrected chi connectivity index (χ0v) is 14.5. The second-order valence-electron chi connectivity index (χ2n) is 6.23. The van der Waals surface area contributed by atoms with Crippen LogP contribution in [-0.4, -0.2) is 58.3 Å². The topological polar surface area (TPSA) is 40.8 Å². The highest BCUT2D eigenvalue weighted by atomic mass is 32.1. The van der Waals surface area contributed by atoms with Crippen LogP contribution in [0, 0.1) is 0 Å². The van der Waals surface area contributed by atoms with Gasteiger partial charge in [0.05, 0.1) is 12.1 Å². The van der Waals surface area contributed by atoms with E-state index in [-0.39, 0.29) is 5.91 Å². The van der Waals surface area contributed by atoms with E-state index >= 15 is 0 Å². The summed E-state index contributed by atoms with van der Waals surface area (Å²) in [7, 11) is 2.10. The van der Waals surface area contributed by atoms with Gasteiger partial charge in [-0.05, 0) is 7.05 Å². The molecule has 0 saturated carbocycles. The molecule has 0 unspecified atom stereocenters.